The Balaban J connectivity index is 2.06. The van der Waals surface area contributed by atoms with Gasteiger partial charge in [-0.05, 0) is 24.1 Å². The van der Waals surface area contributed by atoms with E-state index in [9.17, 15) is 14.4 Å². The van der Waals surface area contributed by atoms with Gasteiger partial charge in [0.2, 0.25) is 0 Å². The summed E-state index contributed by atoms with van der Waals surface area (Å²) in [5, 5.41) is 4.60. The van der Waals surface area contributed by atoms with E-state index in [1.807, 2.05) is 32.0 Å². The van der Waals surface area contributed by atoms with Gasteiger partial charge in [0.15, 0.2) is 11.4 Å². The van der Waals surface area contributed by atoms with E-state index < -0.39 is 34.0 Å². The third kappa shape index (κ3) is 1.30. The maximum Gasteiger partial charge on any atom is 0.264 e. The summed E-state index contributed by atoms with van der Waals surface area (Å²) in [5.41, 5.74) is -2.98. The van der Waals surface area contributed by atoms with E-state index >= 15 is 0 Å². The van der Waals surface area contributed by atoms with Crippen molar-refractivity contribution in [2.24, 2.45) is 16.7 Å². The molecule has 1 amide bonds. The molecule has 2 heterocycles. The topological polar surface area (TPSA) is 77.8 Å². The lowest BCUT2D eigenvalue weighted by molar-refractivity contribution is -0.166. The highest BCUT2D eigenvalue weighted by Crippen LogP contribution is 2.72. The van der Waals surface area contributed by atoms with Crippen molar-refractivity contribution in [2.45, 2.75) is 38.0 Å². The Hall–Kier alpha value is -2.31. The third-order valence-electron chi connectivity index (χ3n) is 7.95. The number of ketones is 2. The molecule has 28 heavy (non-hydrogen) atoms. The molecular weight excluding hydrogens is 356 g/mol. The second kappa shape index (κ2) is 4.63. The molecule has 0 radical (unpaired) electrons. The molecule has 5 unspecified atom stereocenters. The summed E-state index contributed by atoms with van der Waals surface area (Å²) < 4.78 is 6.38. The van der Waals surface area contributed by atoms with Crippen LogP contribution in [-0.4, -0.2) is 37.7 Å². The van der Waals surface area contributed by atoms with E-state index in [1.165, 1.54) is 6.08 Å². The van der Waals surface area contributed by atoms with Crippen molar-refractivity contribution < 1.29 is 19.1 Å². The minimum atomic E-state index is -1.42. The van der Waals surface area contributed by atoms with Gasteiger partial charge < -0.3 is 19.7 Å². The largest absolute Gasteiger partial charge is 0.648 e. The number of hydrogen-bond acceptors (Lipinski definition) is 4. The van der Waals surface area contributed by atoms with Gasteiger partial charge in [0.25, 0.3) is 5.91 Å². The number of ether oxygens (including phenoxy) is 1. The zero-order chi connectivity index (χ0) is 20.4. The molecule has 5 rings (SSSR count). The van der Waals surface area contributed by atoms with E-state index in [2.05, 4.69) is 11.9 Å². The van der Waals surface area contributed by atoms with E-state index in [0.717, 1.165) is 0 Å². The molecule has 1 saturated carbocycles. The fourth-order valence-corrected chi connectivity index (χ4v) is 6.41. The average molecular weight is 379 g/mol. The van der Waals surface area contributed by atoms with Gasteiger partial charge in [0.05, 0.1) is 11.6 Å². The van der Waals surface area contributed by atoms with Crippen LogP contribution in [0.5, 0.6) is 0 Å². The van der Waals surface area contributed by atoms with Crippen LogP contribution in [0.15, 0.2) is 30.9 Å². The van der Waals surface area contributed by atoms with Crippen LogP contribution in [0, 0.1) is 16.7 Å². The highest BCUT2D eigenvalue weighted by molar-refractivity contribution is 6.17. The van der Waals surface area contributed by atoms with Crippen LogP contribution in [-0.2, 0) is 30.3 Å². The monoisotopic (exact) mass is 379 g/mol. The summed E-state index contributed by atoms with van der Waals surface area (Å²) in [7, 11) is 3.29. The Bertz CT molecular complexity index is 1010. The van der Waals surface area contributed by atoms with Crippen LogP contribution in [0.25, 0.3) is 5.32 Å². The number of nitrogens with zero attached hydrogens (tertiary/aromatic N) is 2. The number of hydrogen-bond donors (Lipinski definition) is 0. The summed E-state index contributed by atoms with van der Waals surface area (Å²) >= 11 is 0. The van der Waals surface area contributed by atoms with Gasteiger partial charge >= 0.3 is 0 Å². The molecule has 0 aromatic heterocycles. The first kappa shape index (κ1) is 17.8. The van der Waals surface area contributed by atoms with Crippen LogP contribution in [0.4, 0.5) is 5.69 Å². The lowest BCUT2D eigenvalue weighted by atomic mass is 9.52. The molecule has 0 N–H and O–H groups in total. The summed E-state index contributed by atoms with van der Waals surface area (Å²) in [6.45, 7) is 9.33. The smallest absolute Gasteiger partial charge is 0.264 e. The number of likely N-dealkylation sites (N-methyl/N-ethyl adjacent to an activating group) is 2. The lowest BCUT2D eigenvalue weighted by Crippen LogP contribution is -2.64. The molecule has 3 bridgehead atoms. The average Bonchev–Trinajstić information content (AvgIpc) is 3.03. The zero-order valence-electron chi connectivity index (χ0n) is 16.7. The molecule has 1 aromatic rings. The molecule has 4 aliphatic rings. The summed E-state index contributed by atoms with van der Waals surface area (Å²) in [4.78, 5) is 42.9. The van der Waals surface area contributed by atoms with E-state index in [-0.39, 0.29) is 17.5 Å². The minimum absolute atomic E-state index is 0.165. The van der Waals surface area contributed by atoms with Crippen molar-refractivity contribution in [1.82, 2.24) is 0 Å². The Morgan fingerprint density at radius 3 is 2.46 bits per heavy atom. The van der Waals surface area contributed by atoms with E-state index in [1.54, 1.807) is 25.9 Å². The molecule has 1 aromatic carbocycles. The van der Waals surface area contributed by atoms with Gasteiger partial charge in [-0.15, -0.1) is 6.58 Å². The van der Waals surface area contributed by atoms with Gasteiger partial charge in [-0.25, -0.2) is 0 Å². The molecule has 6 nitrogen and oxygen atoms in total. The molecular formula is C22H23N2O4-. The quantitative estimate of drug-likeness (QED) is 0.740. The van der Waals surface area contributed by atoms with E-state index in [0.29, 0.717) is 16.8 Å². The third-order valence-corrected chi connectivity index (χ3v) is 7.95. The van der Waals surface area contributed by atoms with Gasteiger partial charge in [-0.1, -0.05) is 32.1 Å². The normalized spacial score (nSPS) is 42.0. The number of fused-ring (bicyclic) bond motifs is 2. The lowest BCUT2D eigenvalue weighted by Gasteiger charge is -2.60. The number of carbonyl (C=O) groups excluding carboxylic acids is 3. The highest BCUT2D eigenvalue weighted by atomic mass is 16.5. The van der Waals surface area contributed by atoms with Crippen molar-refractivity contribution in [2.75, 3.05) is 19.0 Å². The predicted octanol–water partition coefficient (Wildman–Crippen LogP) is 2.46. The van der Waals surface area contributed by atoms with Crippen LogP contribution in [0.3, 0.4) is 0 Å². The molecule has 1 saturated heterocycles. The van der Waals surface area contributed by atoms with Gasteiger partial charge in [-0.2, -0.15) is 7.05 Å². The second-order valence-electron chi connectivity index (χ2n) is 9.05. The summed E-state index contributed by atoms with van der Waals surface area (Å²) in [6, 6.07) is 5.48. The van der Waals surface area contributed by atoms with Crippen LogP contribution in [0.1, 0.15) is 31.9 Å². The number of Topliss-reactive ketones (excluding diaryl/α,β-unsaturated/α-hetero) is 2. The molecule has 6 heteroatoms. The van der Waals surface area contributed by atoms with Crippen LogP contribution in [0.2, 0.25) is 0 Å². The number of amides is 1. The van der Waals surface area contributed by atoms with Gasteiger partial charge in [0, 0.05) is 23.4 Å². The SMILES string of the molecule is C=CC1(C)C(=O)C2OC34C(=O)N(C)c5cccc(c53)C1([N-]C)C(=O)C2C4(C)C. The van der Waals surface area contributed by atoms with Crippen molar-refractivity contribution >= 4 is 23.2 Å². The van der Waals surface area contributed by atoms with Gasteiger partial charge in [-0.3, -0.25) is 9.59 Å². The summed E-state index contributed by atoms with van der Waals surface area (Å²) in [5.74, 6) is -1.39. The Morgan fingerprint density at radius 2 is 1.86 bits per heavy atom. The number of benzene rings is 1. The molecule has 146 valence electrons. The molecule has 2 fully saturated rings. The van der Waals surface area contributed by atoms with Gasteiger partial charge in [0.1, 0.15) is 11.9 Å². The zero-order valence-corrected chi connectivity index (χ0v) is 16.7. The number of rotatable bonds is 2. The summed E-state index contributed by atoms with van der Waals surface area (Å²) in [6.07, 6.45) is 0.537. The molecule has 5 atom stereocenters. The Labute approximate surface area is 163 Å². The van der Waals surface area contributed by atoms with Crippen molar-refractivity contribution in [3.63, 3.8) is 0 Å². The van der Waals surface area contributed by atoms with E-state index in [4.69, 9.17) is 4.74 Å². The maximum atomic E-state index is 14.1. The van der Waals surface area contributed by atoms with Crippen molar-refractivity contribution in [1.29, 1.82) is 0 Å². The highest BCUT2D eigenvalue weighted by Gasteiger charge is 2.79. The second-order valence-corrected chi connectivity index (χ2v) is 9.05. The Morgan fingerprint density at radius 1 is 1.18 bits per heavy atom. The number of anilines is 1. The fraction of sp³-hybridized carbons (Fsp3) is 0.500. The van der Waals surface area contributed by atoms with Crippen LogP contribution >= 0.6 is 0 Å². The van der Waals surface area contributed by atoms with Crippen molar-refractivity contribution in [3.8, 4) is 0 Å². The first-order valence-corrected chi connectivity index (χ1v) is 9.51. The Kier molecular flexibility index (Phi) is 2.94. The number of carbonyl (C=O) groups is 3. The predicted molar refractivity (Wildman–Crippen MR) is 103 cm³/mol. The molecule has 2 aliphatic carbocycles. The van der Waals surface area contributed by atoms with Crippen LogP contribution < -0.4 is 4.90 Å². The standard InChI is InChI=1S/C22H23N2O4/c1-7-20(4)17(26)15-14-16(25)21(20,23-5)11-9-8-10-12-13(11)22(28-15,19(14,2)3)18(27)24(12)6/h7-10,14-15H,1H2,2-6H3/q-1. The minimum Gasteiger partial charge on any atom is -0.648 e. The molecule has 1 spiro atoms. The molecule has 2 aliphatic heterocycles. The maximum absolute atomic E-state index is 14.1. The fourth-order valence-electron chi connectivity index (χ4n) is 6.41. The van der Waals surface area contributed by atoms with Crippen molar-refractivity contribution in [3.05, 3.63) is 47.3 Å². The first-order chi connectivity index (χ1) is 13.1. The first-order valence-electron chi connectivity index (χ1n) is 9.51.